The molecule has 0 aliphatic heterocycles. The number of benzene rings is 1. The lowest BCUT2D eigenvalue weighted by Crippen LogP contribution is -2.15. The number of methoxy groups -OCH3 is 1. The number of carbonyl (C=O) groups is 1. The van der Waals surface area contributed by atoms with Gasteiger partial charge in [-0.1, -0.05) is 21.1 Å². The highest BCUT2D eigenvalue weighted by atomic mass is 79.9. The van der Waals surface area contributed by atoms with Crippen LogP contribution in [0.3, 0.4) is 0 Å². The number of aromatic nitrogens is 4. The summed E-state index contributed by atoms with van der Waals surface area (Å²) < 4.78 is 13.1. The molecule has 0 spiro atoms. The third-order valence-electron chi connectivity index (χ3n) is 4.49. The van der Waals surface area contributed by atoms with E-state index in [1.807, 2.05) is 24.3 Å². The van der Waals surface area contributed by atoms with Crippen LogP contribution < -0.4 is 10.1 Å². The zero-order valence-electron chi connectivity index (χ0n) is 15.8. The number of nitrogens with zero attached hydrogens (tertiary/aromatic N) is 4. The number of rotatable bonds is 8. The Morgan fingerprint density at radius 1 is 1.21 bits per heavy atom. The van der Waals surface area contributed by atoms with Crippen molar-refractivity contribution in [3.8, 4) is 11.6 Å². The molecule has 29 heavy (non-hydrogen) atoms. The van der Waals surface area contributed by atoms with Crippen molar-refractivity contribution in [2.24, 2.45) is 0 Å². The molecule has 2 heterocycles. The fraction of sp³-hybridized carbons (Fsp3) is 0.300. The Morgan fingerprint density at radius 2 is 2.00 bits per heavy atom. The summed E-state index contributed by atoms with van der Waals surface area (Å²) in [6, 6.07) is 11.2. The van der Waals surface area contributed by atoms with Crippen molar-refractivity contribution < 1.29 is 14.3 Å². The Bertz CT molecular complexity index is 984. The van der Waals surface area contributed by atoms with Gasteiger partial charge in [-0.15, -0.1) is 5.10 Å². The maximum atomic E-state index is 12.9. The Kier molecular flexibility index (Phi) is 5.86. The molecule has 8 nitrogen and oxygen atoms in total. The van der Waals surface area contributed by atoms with Crippen LogP contribution in [0, 0.1) is 0 Å². The summed E-state index contributed by atoms with van der Waals surface area (Å²) in [5, 5.41) is 11.3. The molecule has 4 rings (SSSR count). The van der Waals surface area contributed by atoms with E-state index in [0.29, 0.717) is 36.4 Å². The lowest BCUT2D eigenvalue weighted by atomic mass is 10.2. The molecule has 1 aliphatic carbocycles. The van der Waals surface area contributed by atoms with Crippen LogP contribution >= 0.6 is 15.9 Å². The smallest absolute Gasteiger partial charge is 0.278 e. The van der Waals surface area contributed by atoms with Gasteiger partial charge in [-0.05, 0) is 43.2 Å². The van der Waals surface area contributed by atoms with Crippen LogP contribution in [0.25, 0.3) is 5.69 Å². The molecule has 1 aromatic carbocycles. The van der Waals surface area contributed by atoms with Gasteiger partial charge in [-0.2, -0.15) is 0 Å². The normalized spacial score (nSPS) is 13.3. The second-order valence-electron chi connectivity index (χ2n) is 6.67. The third kappa shape index (κ3) is 4.63. The van der Waals surface area contributed by atoms with E-state index in [2.05, 4.69) is 36.5 Å². The number of anilines is 1. The van der Waals surface area contributed by atoms with Crippen molar-refractivity contribution >= 4 is 27.5 Å². The fourth-order valence-electron chi connectivity index (χ4n) is 2.91. The van der Waals surface area contributed by atoms with Crippen molar-refractivity contribution in [3.05, 3.63) is 58.5 Å². The van der Waals surface area contributed by atoms with Crippen LogP contribution in [0.4, 0.5) is 5.69 Å². The summed E-state index contributed by atoms with van der Waals surface area (Å²) in [5.41, 5.74) is 2.63. The molecule has 1 saturated carbocycles. The largest absolute Gasteiger partial charge is 0.475 e. The topological polar surface area (TPSA) is 91.2 Å². The van der Waals surface area contributed by atoms with Gasteiger partial charge in [0.25, 0.3) is 5.91 Å². The Morgan fingerprint density at radius 3 is 2.66 bits per heavy atom. The molecule has 1 N–H and O–H groups in total. The van der Waals surface area contributed by atoms with Crippen LogP contribution in [0.1, 0.15) is 34.9 Å². The predicted molar refractivity (Wildman–Crippen MR) is 111 cm³/mol. The molecule has 1 aliphatic rings. The quantitative estimate of drug-likeness (QED) is 0.519. The Hall–Kier alpha value is -2.78. The number of carbonyl (C=O) groups excluding carboxylic acids is 1. The number of nitrogens with one attached hydrogen (secondary N) is 1. The molecule has 0 bridgehead atoms. The van der Waals surface area contributed by atoms with Crippen molar-refractivity contribution in [2.45, 2.75) is 18.8 Å². The molecule has 0 atom stereocenters. The van der Waals surface area contributed by atoms with Crippen LogP contribution in [0.15, 0.2) is 47.1 Å². The lowest BCUT2D eigenvalue weighted by Gasteiger charge is -2.08. The first-order chi connectivity index (χ1) is 14.2. The summed E-state index contributed by atoms with van der Waals surface area (Å²) >= 11 is 3.44. The number of halogens is 1. The second-order valence-corrected chi connectivity index (χ2v) is 7.58. The van der Waals surface area contributed by atoms with Crippen LogP contribution in [-0.2, 0) is 4.74 Å². The zero-order valence-corrected chi connectivity index (χ0v) is 17.4. The van der Waals surface area contributed by atoms with E-state index in [1.54, 1.807) is 30.1 Å². The Labute approximate surface area is 176 Å². The second kappa shape index (κ2) is 8.71. The van der Waals surface area contributed by atoms with Crippen LogP contribution in [0.2, 0.25) is 0 Å². The van der Waals surface area contributed by atoms with E-state index in [9.17, 15) is 4.79 Å². The van der Waals surface area contributed by atoms with Crippen molar-refractivity contribution in [2.75, 3.05) is 25.6 Å². The van der Waals surface area contributed by atoms with Crippen molar-refractivity contribution in [3.63, 3.8) is 0 Å². The molecular weight excluding hydrogens is 438 g/mol. The van der Waals surface area contributed by atoms with E-state index in [-0.39, 0.29) is 5.91 Å². The standard InChI is InChI=1S/C20H20BrN5O3/c1-28-10-11-29-17-9-6-15(12-22-17)23-20(27)18-19(13-2-3-13)26(25-24-18)16-7-4-14(21)5-8-16/h4-9,12-13H,2-3,10-11H2,1H3,(H,23,27). The van der Waals surface area contributed by atoms with Gasteiger partial charge >= 0.3 is 0 Å². The van der Waals surface area contributed by atoms with Gasteiger partial charge in [0.2, 0.25) is 5.88 Å². The highest BCUT2D eigenvalue weighted by molar-refractivity contribution is 9.10. The molecule has 3 aromatic rings. The van der Waals surface area contributed by atoms with Gasteiger partial charge in [0.1, 0.15) is 6.61 Å². The molecule has 150 valence electrons. The first kappa shape index (κ1) is 19.5. The van der Waals surface area contributed by atoms with E-state index >= 15 is 0 Å². The van der Waals surface area contributed by atoms with Crippen LogP contribution in [-0.4, -0.2) is 46.2 Å². The zero-order chi connectivity index (χ0) is 20.2. The molecular formula is C20H20BrN5O3. The summed E-state index contributed by atoms with van der Waals surface area (Å²) in [4.78, 5) is 17.0. The van der Waals surface area contributed by atoms with E-state index < -0.39 is 0 Å². The summed E-state index contributed by atoms with van der Waals surface area (Å²) in [6.45, 7) is 0.900. The average Bonchev–Trinajstić information content (AvgIpc) is 3.48. The van der Waals surface area contributed by atoms with E-state index in [4.69, 9.17) is 9.47 Å². The average molecular weight is 458 g/mol. The van der Waals surface area contributed by atoms with Gasteiger partial charge in [0, 0.05) is 23.6 Å². The minimum absolute atomic E-state index is 0.295. The minimum atomic E-state index is -0.301. The van der Waals surface area contributed by atoms with Gasteiger partial charge in [0.05, 0.1) is 29.9 Å². The summed E-state index contributed by atoms with van der Waals surface area (Å²) in [7, 11) is 1.61. The van der Waals surface area contributed by atoms with Crippen LogP contribution in [0.5, 0.6) is 5.88 Å². The van der Waals surface area contributed by atoms with E-state index in [1.165, 1.54) is 0 Å². The molecule has 1 fully saturated rings. The molecule has 0 unspecified atom stereocenters. The SMILES string of the molecule is COCCOc1ccc(NC(=O)c2nnn(-c3ccc(Br)cc3)c2C2CC2)cn1. The molecule has 2 aromatic heterocycles. The van der Waals surface area contributed by atoms with Crippen molar-refractivity contribution in [1.29, 1.82) is 0 Å². The first-order valence-electron chi connectivity index (χ1n) is 9.26. The molecule has 0 saturated heterocycles. The minimum Gasteiger partial charge on any atom is -0.475 e. The number of amides is 1. The predicted octanol–water partition coefficient (Wildman–Crippen LogP) is 3.58. The highest BCUT2D eigenvalue weighted by Crippen LogP contribution is 2.42. The molecule has 1 amide bonds. The summed E-state index contributed by atoms with van der Waals surface area (Å²) in [5.74, 6) is 0.467. The number of hydrogen-bond acceptors (Lipinski definition) is 6. The Balaban J connectivity index is 1.51. The molecule has 0 radical (unpaired) electrons. The summed E-state index contributed by atoms with van der Waals surface area (Å²) in [6.07, 6.45) is 3.61. The van der Waals surface area contributed by atoms with Gasteiger partial charge < -0.3 is 14.8 Å². The monoisotopic (exact) mass is 457 g/mol. The van der Waals surface area contributed by atoms with Gasteiger partial charge in [-0.3, -0.25) is 4.79 Å². The highest BCUT2D eigenvalue weighted by Gasteiger charge is 2.34. The van der Waals surface area contributed by atoms with Crippen molar-refractivity contribution in [1.82, 2.24) is 20.0 Å². The number of hydrogen-bond donors (Lipinski definition) is 1. The fourth-order valence-corrected chi connectivity index (χ4v) is 3.17. The first-order valence-corrected chi connectivity index (χ1v) is 10.1. The molecule has 9 heteroatoms. The van der Waals surface area contributed by atoms with Gasteiger partial charge in [-0.25, -0.2) is 9.67 Å². The lowest BCUT2D eigenvalue weighted by molar-refractivity contribution is 0.102. The maximum Gasteiger partial charge on any atom is 0.278 e. The number of pyridine rings is 1. The van der Waals surface area contributed by atoms with Gasteiger partial charge in [0.15, 0.2) is 5.69 Å². The third-order valence-corrected chi connectivity index (χ3v) is 5.02. The maximum absolute atomic E-state index is 12.9. The van der Waals surface area contributed by atoms with E-state index in [0.717, 1.165) is 28.7 Å². The number of ether oxygens (including phenoxy) is 2.